The van der Waals surface area contributed by atoms with E-state index in [0.29, 0.717) is 25.8 Å². The van der Waals surface area contributed by atoms with Gasteiger partial charge in [-0.15, -0.1) is 0 Å². The van der Waals surface area contributed by atoms with Crippen LogP contribution in [-0.2, 0) is 19.1 Å². The minimum Gasteiger partial charge on any atom is -0.469 e. The SMILES string of the molecule is COC(=O)CCCN1C(=O)CC(C)CC1=O. The average Bonchev–Trinajstić information content (AvgIpc) is 2.21. The lowest BCUT2D eigenvalue weighted by atomic mass is 9.97. The molecule has 1 heterocycles. The second-order valence-corrected chi connectivity index (χ2v) is 4.13. The molecule has 0 bridgehead atoms. The van der Waals surface area contributed by atoms with Gasteiger partial charge in [-0.05, 0) is 12.3 Å². The molecule has 0 saturated carbocycles. The largest absolute Gasteiger partial charge is 0.469 e. The number of likely N-dealkylation sites (tertiary alicyclic amines) is 1. The second kappa shape index (κ2) is 5.63. The molecule has 1 aliphatic heterocycles. The Morgan fingerprint density at radius 2 is 1.94 bits per heavy atom. The summed E-state index contributed by atoms with van der Waals surface area (Å²) in [6, 6.07) is 0. The Morgan fingerprint density at radius 3 is 2.44 bits per heavy atom. The Kier molecular flexibility index (Phi) is 4.46. The molecule has 16 heavy (non-hydrogen) atoms. The van der Waals surface area contributed by atoms with Crippen molar-refractivity contribution in [3.05, 3.63) is 0 Å². The molecule has 0 aromatic heterocycles. The number of carbonyl (C=O) groups excluding carboxylic acids is 3. The lowest BCUT2D eigenvalue weighted by molar-refractivity contribution is -0.150. The van der Waals surface area contributed by atoms with E-state index in [1.807, 2.05) is 6.92 Å². The molecule has 0 spiro atoms. The van der Waals surface area contributed by atoms with Gasteiger partial charge in [0.1, 0.15) is 0 Å². The fraction of sp³-hybridized carbons (Fsp3) is 0.727. The number of ether oxygens (including phenoxy) is 1. The summed E-state index contributed by atoms with van der Waals surface area (Å²) in [6.45, 7) is 2.21. The lowest BCUT2D eigenvalue weighted by Crippen LogP contribution is -2.43. The number of hydrogen-bond acceptors (Lipinski definition) is 4. The maximum Gasteiger partial charge on any atom is 0.305 e. The number of carbonyl (C=O) groups is 3. The standard InChI is InChI=1S/C11H17NO4/c1-8-6-9(13)12(10(14)7-8)5-3-4-11(15)16-2/h8H,3-7H2,1-2H3. The number of hydrogen-bond donors (Lipinski definition) is 0. The number of amides is 2. The number of nitrogens with zero attached hydrogens (tertiary/aromatic N) is 1. The summed E-state index contributed by atoms with van der Waals surface area (Å²) in [4.78, 5) is 35.2. The van der Waals surface area contributed by atoms with Gasteiger partial charge in [0.2, 0.25) is 11.8 Å². The van der Waals surface area contributed by atoms with E-state index in [0.717, 1.165) is 0 Å². The molecule has 1 aliphatic rings. The van der Waals surface area contributed by atoms with Crippen molar-refractivity contribution >= 4 is 17.8 Å². The van der Waals surface area contributed by atoms with Gasteiger partial charge in [0.15, 0.2) is 0 Å². The van der Waals surface area contributed by atoms with E-state index in [1.54, 1.807) is 0 Å². The number of rotatable bonds is 4. The van der Waals surface area contributed by atoms with E-state index in [4.69, 9.17) is 0 Å². The van der Waals surface area contributed by atoms with Gasteiger partial charge in [0, 0.05) is 25.8 Å². The fourth-order valence-electron chi connectivity index (χ4n) is 1.76. The smallest absolute Gasteiger partial charge is 0.305 e. The van der Waals surface area contributed by atoms with Gasteiger partial charge in [-0.1, -0.05) is 6.92 Å². The highest BCUT2D eigenvalue weighted by atomic mass is 16.5. The quantitative estimate of drug-likeness (QED) is 0.524. The van der Waals surface area contributed by atoms with Crippen LogP contribution in [0.1, 0.15) is 32.6 Å². The molecule has 0 aromatic rings. The van der Waals surface area contributed by atoms with Crippen LogP contribution in [0.2, 0.25) is 0 Å². The molecular weight excluding hydrogens is 210 g/mol. The summed E-state index contributed by atoms with van der Waals surface area (Å²) in [5.41, 5.74) is 0. The summed E-state index contributed by atoms with van der Waals surface area (Å²) in [6.07, 6.45) is 1.55. The van der Waals surface area contributed by atoms with Crippen molar-refractivity contribution < 1.29 is 19.1 Å². The highest BCUT2D eigenvalue weighted by Crippen LogP contribution is 2.19. The molecule has 0 aromatic carbocycles. The molecule has 0 radical (unpaired) electrons. The Bertz CT molecular complexity index is 282. The van der Waals surface area contributed by atoms with E-state index in [1.165, 1.54) is 12.0 Å². The first kappa shape index (κ1) is 12.7. The Balaban J connectivity index is 2.38. The van der Waals surface area contributed by atoms with Crippen molar-refractivity contribution in [1.29, 1.82) is 0 Å². The van der Waals surface area contributed by atoms with Crippen molar-refractivity contribution in [2.24, 2.45) is 5.92 Å². The van der Waals surface area contributed by atoms with Crippen LogP contribution in [0.25, 0.3) is 0 Å². The molecule has 5 heteroatoms. The summed E-state index contributed by atoms with van der Waals surface area (Å²) < 4.78 is 4.48. The Labute approximate surface area is 94.7 Å². The maximum atomic E-state index is 11.5. The number of piperidine rings is 1. The monoisotopic (exact) mass is 227 g/mol. The van der Waals surface area contributed by atoms with E-state index in [2.05, 4.69) is 4.74 Å². The van der Waals surface area contributed by atoms with E-state index in [-0.39, 0.29) is 30.1 Å². The van der Waals surface area contributed by atoms with Crippen LogP contribution >= 0.6 is 0 Å². The minimum absolute atomic E-state index is 0.131. The normalized spacial score (nSPS) is 17.8. The zero-order valence-corrected chi connectivity index (χ0v) is 9.69. The molecule has 1 rings (SSSR count). The molecule has 0 atom stereocenters. The van der Waals surface area contributed by atoms with Crippen LogP contribution in [0.15, 0.2) is 0 Å². The summed E-state index contributed by atoms with van der Waals surface area (Å²) >= 11 is 0. The van der Waals surface area contributed by atoms with Crippen LogP contribution in [-0.4, -0.2) is 36.3 Å². The van der Waals surface area contributed by atoms with E-state index >= 15 is 0 Å². The summed E-state index contributed by atoms with van der Waals surface area (Å²) in [5.74, 6) is -0.440. The van der Waals surface area contributed by atoms with Gasteiger partial charge >= 0.3 is 5.97 Å². The van der Waals surface area contributed by atoms with Crippen LogP contribution in [0, 0.1) is 5.92 Å². The molecule has 90 valence electrons. The van der Waals surface area contributed by atoms with E-state index < -0.39 is 0 Å². The second-order valence-electron chi connectivity index (χ2n) is 4.13. The van der Waals surface area contributed by atoms with Crippen molar-refractivity contribution in [1.82, 2.24) is 4.90 Å². The molecule has 0 aliphatic carbocycles. The summed E-state index contributed by atoms with van der Waals surface area (Å²) in [5, 5.41) is 0. The maximum absolute atomic E-state index is 11.5. The van der Waals surface area contributed by atoms with Gasteiger partial charge in [-0.25, -0.2) is 0 Å². The predicted molar refractivity (Wildman–Crippen MR) is 56.4 cm³/mol. The van der Waals surface area contributed by atoms with Crippen LogP contribution in [0.4, 0.5) is 0 Å². The third-order valence-electron chi connectivity index (χ3n) is 2.64. The van der Waals surface area contributed by atoms with Gasteiger partial charge < -0.3 is 4.74 Å². The molecule has 0 N–H and O–H groups in total. The molecule has 1 saturated heterocycles. The zero-order chi connectivity index (χ0) is 12.1. The average molecular weight is 227 g/mol. The lowest BCUT2D eigenvalue weighted by Gasteiger charge is -2.28. The topological polar surface area (TPSA) is 63.7 Å². The first-order valence-corrected chi connectivity index (χ1v) is 5.44. The molecule has 1 fully saturated rings. The first-order valence-electron chi connectivity index (χ1n) is 5.44. The van der Waals surface area contributed by atoms with Gasteiger partial charge in [0.25, 0.3) is 0 Å². The van der Waals surface area contributed by atoms with Gasteiger partial charge in [-0.2, -0.15) is 0 Å². The predicted octanol–water partition coefficient (Wildman–Crippen LogP) is 0.725. The van der Waals surface area contributed by atoms with Crippen molar-refractivity contribution in [2.45, 2.75) is 32.6 Å². The number of methoxy groups -OCH3 is 1. The summed E-state index contributed by atoms with van der Waals surface area (Å²) in [7, 11) is 1.32. The molecule has 5 nitrogen and oxygen atoms in total. The fourth-order valence-corrected chi connectivity index (χ4v) is 1.76. The van der Waals surface area contributed by atoms with Gasteiger partial charge in [-0.3, -0.25) is 19.3 Å². The van der Waals surface area contributed by atoms with Gasteiger partial charge in [0.05, 0.1) is 7.11 Å². The molecular formula is C11H17NO4. The van der Waals surface area contributed by atoms with Crippen LogP contribution in [0.5, 0.6) is 0 Å². The van der Waals surface area contributed by atoms with Crippen LogP contribution < -0.4 is 0 Å². The molecule has 2 amide bonds. The van der Waals surface area contributed by atoms with E-state index in [9.17, 15) is 14.4 Å². The Morgan fingerprint density at radius 1 is 1.38 bits per heavy atom. The highest BCUT2D eigenvalue weighted by molar-refractivity contribution is 5.97. The number of esters is 1. The molecule has 0 unspecified atom stereocenters. The zero-order valence-electron chi connectivity index (χ0n) is 9.69. The van der Waals surface area contributed by atoms with Crippen molar-refractivity contribution in [3.8, 4) is 0 Å². The van der Waals surface area contributed by atoms with Crippen LogP contribution in [0.3, 0.4) is 0 Å². The Hall–Kier alpha value is -1.39. The van der Waals surface area contributed by atoms with Crippen molar-refractivity contribution in [3.63, 3.8) is 0 Å². The third-order valence-corrected chi connectivity index (χ3v) is 2.64. The minimum atomic E-state index is -0.315. The highest BCUT2D eigenvalue weighted by Gasteiger charge is 2.29. The first-order chi connectivity index (χ1) is 7.54. The third kappa shape index (κ3) is 3.32. The van der Waals surface area contributed by atoms with Crippen molar-refractivity contribution in [2.75, 3.05) is 13.7 Å². The number of imide groups is 1.